The minimum Gasteiger partial charge on any atom is -0.494 e. The number of nitrogens with one attached hydrogen (secondary N) is 1. The van der Waals surface area contributed by atoms with Crippen LogP contribution in [0.2, 0.25) is 0 Å². The predicted molar refractivity (Wildman–Crippen MR) is 134 cm³/mol. The summed E-state index contributed by atoms with van der Waals surface area (Å²) in [5.41, 5.74) is 1.43. The van der Waals surface area contributed by atoms with Crippen LogP contribution < -0.4 is 14.4 Å². The summed E-state index contributed by atoms with van der Waals surface area (Å²) >= 11 is 0. The van der Waals surface area contributed by atoms with Crippen molar-refractivity contribution in [2.45, 2.75) is 46.2 Å². The second-order valence-electron chi connectivity index (χ2n) is 7.94. The normalized spacial score (nSPS) is 12.0. The Morgan fingerprint density at radius 3 is 2.24 bits per heavy atom. The van der Waals surface area contributed by atoms with Crippen LogP contribution in [0.1, 0.15) is 39.2 Å². The molecule has 186 valence electrons. The van der Waals surface area contributed by atoms with Crippen molar-refractivity contribution in [2.75, 3.05) is 30.3 Å². The number of rotatable bonds is 13. The van der Waals surface area contributed by atoms with Crippen molar-refractivity contribution in [3.05, 3.63) is 60.2 Å². The Labute approximate surface area is 202 Å². The first-order valence-corrected chi connectivity index (χ1v) is 13.3. The standard InChI is InChI=1S/C25H35N3O5S/c1-5-26-25(30)20(3)27(19-21-11-8-7-9-12-21)24(29)13-10-18-28(34(4,31)32)22-14-16-23(17-15-22)33-6-2/h7-9,11-12,14-17,20H,5-6,10,13,18-19H2,1-4H3,(H,26,30)/t20-/m0/s1. The van der Waals surface area contributed by atoms with Crippen LogP contribution in [0.25, 0.3) is 0 Å². The maximum Gasteiger partial charge on any atom is 0.242 e. The average molecular weight is 490 g/mol. The highest BCUT2D eigenvalue weighted by molar-refractivity contribution is 7.92. The zero-order valence-electron chi connectivity index (χ0n) is 20.4. The fraction of sp³-hybridized carbons (Fsp3) is 0.440. The van der Waals surface area contributed by atoms with E-state index in [9.17, 15) is 18.0 Å². The van der Waals surface area contributed by atoms with E-state index in [0.29, 0.717) is 37.6 Å². The third-order valence-electron chi connectivity index (χ3n) is 5.30. The van der Waals surface area contributed by atoms with Gasteiger partial charge in [0.15, 0.2) is 0 Å². The van der Waals surface area contributed by atoms with Crippen LogP contribution >= 0.6 is 0 Å². The van der Waals surface area contributed by atoms with E-state index in [2.05, 4.69) is 5.32 Å². The molecule has 0 radical (unpaired) electrons. The fourth-order valence-corrected chi connectivity index (χ4v) is 4.53. The van der Waals surface area contributed by atoms with Crippen molar-refractivity contribution < 1.29 is 22.7 Å². The number of sulfonamides is 1. The fourth-order valence-electron chi connectivity index (χ4n) is 3.56. The van der Waals surface area contributed by atoms with Gasteiger partial charge in [-0.2, -0.15) is 0 Å². The second-order valence-corrected chi connectivity index (χ2v) is 9.85. The molecule has 0 saturated heterocycles. The van der Waals surface area contributed by atoms with Crippen molar-refractivity contribution in [2.24, 2.45) is 0 Å². The number of hydrogen-bond donors (Lipinski definition) is 1. The molecule has 0 heterocycles. The lowest BCUT2D eigenvalue weighted by molar-refractivity contribution is -0.140. The molecule has 0 aromatic heterocycles. The van der Waals surface area contributed by atoms with Gasteiger partial charge in [0.1, 0.15) is 11.8 Å². The molecular weight excluding hydrogens is 454 g/mol. The van der Waals surface area contributed by atoms with Gasteiger partial charge >= 0.3 is 0 Å². The molecule has 0 fully saturated rings. The number of nitrogens with zero attached hydrogens (tertiary/aromatic N) is 2. The van der Waals surface area contributed by atoms with Gasteiger partial charge in [-0.25, -0.2) is 8.42 Å². The van der Waals surface area contributed by atoms with Crippen LogP contribution in [-0.2, 0) is 26.2 Å². The zero-order valence-corrected chi connectivity index (χ0v) is 21.2. The largest absolute Gasteiger partial charge is 0.494 e. The van der Waals surface area contributed by atoms with Crippen molar-refractivity contribution in [1.82, 2.24) is 10.2 Å². The second kappa shape index (κ2) is 13.0. The Kier molecular flexibility index (Phi) is 10.4. The topological polar surface area (TPSA) is 96.0 Å². The Hall–Kier alpha value is -3.07. The molecule has 0 aliphatic rings. The number of ether oxygens (including phenoxy) is 1. The van der Waals surface area contributed by atoms with Gasteiger partial charge in [-0.15, -0.1) is 0 Å². The van der Waals surface area contributed by atoms with E-state index < -0.39 is 16.1 Å². The number of likely N-dealkylation sites (N-methyl/N-ethyl adjacent to an activating group) is 1. The van der Waals surface area contributed by atoms with Crippen LogP contribution in [0.15, 0.2) is 54.6 Å². The van der Waals surface area contributed by atoms with E-state index in [-0.39, 0.29) is 24.8 Å². The predicted octanol–water partition coefficient (Wildman–Crippen LogP) is 3.18. The molecule has 8 nitrogen and oxygen atoms in total. The number of carbonyl (C=O) groups is 2. The highest BCUT2D eigenvalue weighted by Crippen LogP contribution is 2.22. The molecule has 0 aliphatic carbocycles. The molecule has 2 aromatic carbocycles. The third-order valence-corrected chi connectivity index (χ3v) is 6.50. The summed E-state index contributed by atoms with van der Waals surface area (Å²) in [6.07, 6.45) is 1.57. The van der Waals surface area contributed by atoms with Gasteiger partial charge in [0.25, 0.3) is 0 Å². The van der Waals surface area contributed by atoms with Gasteiger partial charge in [-0.1, -0.05) is 30.3 Å². The smallest absolute Gasteiger partial charge is 0.242 e. The van der Waals surface area contributed by atoms with E-state index in [1.165, 1.54) is 4.31 Å². The summed E-state index contributed by atoms with van der Waals surface area (Å²) in [6, 6.07) is 15.6. The number of amides is 2. The summed E-state index contributed by atoms with van der Waals surface area (Å²) in [4.78, 5) is 27.1. The van der Waals surface area contributed by atoms with Crippen molar-refractivity contribution in [3.8, 4) is 5.75 Å². The molecule has 0 bridgehead atoms. The first-order valence-electron chi connectivity index (χ1n) is 11.5. The van der Waals surface area contributed by atoms with Gasteiger partial charge in [0.2, 0.25) is 21.8 Å². The van der Waals surface area contributed by atoms with E-state index in [1.807, 2.05) is 44.2 Å². The zero-order chi connectivity index (χ0) is 25.1. The highest BCUT2D eigenvalue weighted by Gasteiger charge is 2.26. The monoisotopic (exact) mass is 489 g/mol. The quantitative estimate of drug-likeness (QED) is 0.466. The van der Waals surface area contributed by atoms with E-state index in [1.54, 1.807) is 36.1 Å². The van der Waals surface area contributed by atoms with Crippen molar-refractivity contribution in [1.29, 1.82) is 0 Å². The van der Waals surface area contributed by atoms with Crippen molar-refractivity contribution in [3.63, 3.8) is 0 Å². The third kappa shape index (κ3) is 8.06. The van der Waals surface area contributed by atoms with Crippen LogP contribution in [0, 0.1) is 0 Å². The lowest BCUT2D eigenvalue weighted by Gasteiger charge is -2.29. The summed E-state index contributed by atoms with van der Waals surface area (Å²) in [5.74, 6) is 0.229. The van der Waals surface area contributed by atoms with Gasteiger partial charge in [-0.3, -0.25) is 13.9 Å². The number of anilines is 1. The number of benzene rings is 2. The molecular formula is C25H35N3O5S. The molecule has 0 unspecified atom stereocenters. The van der Waals surface area contributed by atoms with Gasteiger partial charge in [-0.05, 0) is 57.0 Å². The Morgan fingerprint density at radius 1 is 1.03 bits per heavy atom. The highest BCUT2D eigenvalue weighted by atomic mass is 32.2. The molecule has 1 atom stereocenters. The van der Waals surface area contributed by atoms with Crippen LogP contribution in [-0.4, -0.2) is 57.1 Å². The molecule has 0 spiro atoms. The molecule has 2 amide bonds. The van der Waals surface area contributed by atoms with Crippen LogP contribution in [0.3, 0.4) is 0 Å². The summed E-state index contributed by atoms with van der Waals surface area (Å²) in [5, 5.41) is 2.77. The first kappa shape index (κ1) is 27.2. The SMILES string of the molecule is CCNC(=O)[C@H](C)N(Cc1ccccc1)C(=O)CCCN(c1ccc(OCC)cc1)S(C)(=O)=O. The number of hydrogen-bond acceptors (Lipinski definition) is 5. The summed E-state index contributed by atoms with van der Waals surface area (Å²) in [6.45, 7) is 6.85. The van der Waals surface area contributed by atoms with Gasteiger partial charge < -0.3 is 15.0 Å². The maximum absolute atomic E-state index is 13.1. The lowest BCUT2D eigenvalue weighted by atomic mass is 10.1. The van der Waals surface area contributed by atoms with Crippen LogP contribution in [0.4, 0.5) is 5.69 Å². The maximum atomic E-state index is 13.1. The molecule has 2 aromatic rings. The van der Waals surface area contributed by atoms with Crippen molar-refractivity contribution >= 4 is 27.5 Å². The van der Waals surface area contributed by atoms with E-state index in [0.717, 1.165) is 11.8 Å². The average Bonchev–Trinajstić information content (AvgIpc) is 2.80. The van der Waals surface area contributed by atoms with E-state index in [4.69, 9.17) is 4.74 Å². The Morgan fingerprint density at radius 2 is 1.68 bits per heavy atom. The molecule has 1 N–H and O–H groups in total. The molecule has 34 heavy (non-hydrogen) atoms. The molecule has 9 heteroatoms. The van der Waals surface area contributed by atoms with E-state index >= 15 is 0 Å². The first-order chi connectivity index (χ1) is 16.2. The summed E-state index contributed by atoms with van der Waals surface area (Å²) < 4.78 is 31.5. The molecule has 0 saturated carbocycles. The minimum atomic E-state index is -3.54. The van der Waals surface area contributed by atoms with Gasteiger partial charge in [0.05, 0.1) is 18.6 Å². The molecule has 2 rings (SSSR count). The van der Waals surface area contributed by atoms with Gasteiger partial charge in [0, 0.05) is 26.1 Å². The number of carbonyl (C=O) groups excluding carboxylic acids is 2. The summed E-state index contributed by atoms with van der Waals surface area (Å²) in [7, 11) is -3.54. The van der Waals surface area contributed by atoms with Crippen LogP contribution in [0.5, 0.6) is 5.75 Å². The Bertz CT molecular complexity index is 1030. The molecule has 0 aliphatic heterocycles. The lowest BCUT2D eigenvalue weighted by Crippen LogP contribution is -2.47. The minimum absolute atomic E-state index is 0.111. The Balaban J connectivity index is 2.11.